The third-order valence-electron chi connectivity index (χ3n) is 2.88. The van der Waals surface area contributed by atoms with E-state index in [0.29, 0.717) is 6.61 Å². The van der Waals surface area contributed by atoms with E-state index in [-0.39, 0.29) is 12.1 Å². The molecule has 1 aliphatic heterocycles. The number of halogens is 1. The van der Waals surface area contributed by atoms with Crippen LogP contribution >= 0.6 is 15.9 Å². The Balaban J connectivity index is 2.14. The minimum absolute atomic E-state index is 0.0254. The summed E-state index contributed by atoms with van der Waals surface area (Å²) in [6, 6.07) is 5.95. The first-order chi connectivity index (χ1) is 8.16. The van der Waals surface area contributed by atoms with Gasteiger partial charge in [-0.05, 0) is 31.9 Å². The lowest BCUT2D eigenvalue weighted by atomic mass is 10.1. The van der Waals surface area contributed by atoms with Crippen LogP contribution in [0.5, 0.6) is 5.75 Å². The number of rotatable bonds is 3. The van der Waals surface area contributed by atoms with E-state index in [1.165, 1.54) is 0 Å². The van der Waals surface area contributed by atoms with Crippen molar-refractivity contribution in [1.29, 1.82) is 0 Å². The second kappa shape index (κ2) is 5.85. The van der Waals surface area contributed by atoms with Gasteiger partial charge in [-0.1, -0.05) is 22.0 Å². The summed E-state index contributed by atoms with van der Waals surface area (Å²) >= 11 is 3.46. The molecule has 0 spiro atoms. The molecule has 0 bridgehead atoms. The van der Waals surface area contributed by atoms with Crippen LogP contribution in [0.2, 0.25) is 0 Å². The zero-order chi connectivity index (χ0) is 12.3. The van der Waals surface area contributed by atoms with Crippen molar-refractivity contribution < 1.29 is 9.47 Å². The molecule has 0 radical (unpaired) electrons. The molecule has 94 valence electrons. The largest absolute Gasteiger partial charge is 0.488 e. The van der Waals surface area contributed by atoms with Crippen LogP contribution in [0.4, 0.5) is 0 Å². The van der Waals surface area contributed by atoms with Crippen LogP contribution in [-0.4, -0.2) is 19.3 Å². The standard InChI is InChI=1S/C13H18BrNO2/c1-9(15)12-5-4-10(14)7-13(12)17-11-3-2-6-16-8-11/h4-5,7,9,11H,2-3,6,8,15H2,1H3. The van der Waals surface area contributed by atoms with Crippen molar-refractivity contribution in [2.75, 3.05) is 13.2 Å². The number of benzene rings is 1. The molecule has 1 aliphatic rings. The SMILES string of the molecule is CC(N)c1ccc(Br)cc1OC1CCCOC1. The van der Waals surface area contributed by atoms with Crippen molar-refractivity contribution in [2.24, 2.45) is 5.73 Å². The van der Waals surface area contributed by atoms with Gasteiger partial charge in [0.25, 0.3) is 0 Å². The Morgan fingerprint density at radius 2 is 2.35 bits per heavy atom. The Morgan fingerprint density at radius 3 is 3.00 bits per heavy atom. The van der Waals surface area contributed by atoms with Crippen molar-refractivity contribution >= 4 is 15.9 Å². The fourth-order valence-corrected chi connectivity index (χ4v) is 2.31. The average molecular weight is 300 g/mol. The highest BCUT2D eigenvalue weighted by molar-refractivity contribution is 9.10. The fraction of sp³-hybridized carbons (Fsp3) is 0.538. The Kier molecular flexibility index (Phi) is 4.42. The minimum Gasteiger partial charge on any atom is -0.488 e. The van der Waals surface area contributed by atoms with E-state index < -0.39 is 0 Å². The van der Waals surface area contributed by atoms with Gasteiger partial charge in [-0.25, -0.2) is 0 Å². The normalized spacial score (nSPS) is 22.2. The van der Waals surface area contributed by atoms with Crippen LogP contribution in [0.15, 0.2) is 22.7 Å². The van der Waals surface area contributed by atoms with Crippen molar-refractivity contribution in [3.63, 3.8) is 0 Å². The van der Waals surface area contributed by atoms with E-state index in [2.05, 4.69) is 15.9 Å². The third kappa shape index (κ3) is 3.44. The molecule has 4 heteroatoms. The summed E-state index contributed by atoms with van der Waals surface area (Å²) < 4.78 is 12.4. The Labute approximate surface area is 110 Å². The summed E-state index contributed by atoms with van der Waals surface area (Å²) in [5, 5.41) is 0. The van der Waals surface area contributed by atoms with Crippen LogP contribution in [0.1, 0.15) is 31.4 Å². The predicted octanol–water partition coefficient (Wildman–Crippen LogP) is 3.03. The Morgan fingerprint density at radius 1 is 1.53 bits per heavy atom. The maximum absolute atomic E-state index is 5.99. The monoisotopic (exact) mass is 299 g/mol. The van der Waals surface area contributed by atoms with Crippen LogP contribution in [0.3, 0.4) is 0 Å². The molecule has 0 aliphatic carbocycles. The molecule has 0 saturated carbocycles. The molecule has 2 atom stereocenters. The molecular weight excluding hydrogens is 282 g/mol. The minimum atomic E-state index is -0.0254. The third-order valence-corrected chi connectivity index (χ3v) is 3.37. The zero-order valence-corrected chi connectivity index (χ0v) is 11.6. The Hall–Kier alpha value is -0.580. The van der Waals surface area contributed by atoms with Gasteiger partial charge in [0, 0.05) is 22.7 Å². The molecule has 2 N–H and O–H groups in total. The second-order valence-electron chi connectivity index (χ2n) is 4.43. The van der Waals surface area contributed by atoms with Crippen molar-refractivity contribution in [3.8, 4) is 5.75 Å². The molecule has 1 fully saturated rings. The number of hydrogen-bond acceptors (Lipinski definition) is 3. The first-order valence-corrected chi connectivity index (χ1v) is 6.75. The van der Waals surface area contributed by atoms with Crippen molar-refractivity contribution in [2.45, 2.75) is 31.9 Å². The van der Waals surface area contributed by atoms with Gasteiger partial charge in [0.1, 0.15) is 11.9 Å². The topological polar surface area (TPSA) is 44.5 Å². The van der Waals surface area contributed by atoms with E-state index in [9.17, 15) is 0 Å². The van der Waals surface area contributed by atoms with Crippen molar-refractivity contribution in [1.82, 2.24) is 0 Å². The van der Waals surface area contributed by atoms with E-state index in [1.54, 1.807) is 0 Å². The smallest absolute Gasteiger partial charge is 0.125 e. The predicted molar refractivity (Wildman–Crippen MR) is 71.2 cm³/mol. The average Bonchev–Trinajstić information content (AvgIpc) is 2.30. The Bertz CT molecular complexity index is 376. The lowest BCUT2D eigenvalue weighted by molar-refractivity contribution is 0.00691. The molecule has 1 aromatic carbocycles. The molecule has 17 heavy (non-hydrogen) atoms. The van der Waals surface area contributed by atoms with Crippen LogP contribution in [0, 0.1) is 0 Å². The van der Waals surface area contributed by atoms with Gasteiger partial charge in [0.15, 0.2) is 0 Å². The highest BCUT2D eigenvalue weighted by Gasteiger charge is 2.18. The lowest BCUT2D eigenvalue weighted by Gasteiger charge is -2.25. The molecule has 1 saturated heterocycles. The molecule has 1 heterocycles. The maximum atomic E-state index is 5.99. The fourth-order valence-electron chi connectivity index (χ4n) is 1.97. The quantitative estimate of drug-likeness (QED) is 0.933. The number of hydrogen-bond donors (Lipinski definition) is 1. The van der Waals surface area contributed by atoms with Crippen molar-refractivity contribution in [3.05, 3.63) is 28.2 Å². The summed E-state index contributed by atoms with van der Waals surface area (Å²) in [4.78, 5) is 0. The van der Waals surface area contributed by atoms with Gasteiger partial charge in [0.2, 0.25) is 0 Å². The molecule has 2 unspecified atom stereocenters. The summed E-state index contributed by atoms with van der Waals surface area (Å²) in [7, 11) is 0. The highest BCUT2D eigenvalue weighted by atomic mass is 79.9. The zero-order valence-electron chi connectivity index (χ0n) is 9.99. The molecular formula is C13H18BrNO2. The molecule has 0 amide bonds. The highest BCUT2D eigenvalue weighted by Crippen LogP contribution is 2.29. The van der Waals surface area contributed by atoms with Gasteiger partial charge in [-0.15, -0.1) is 0 Å². The molecule has 3 nitrogen and oxygen atoms in total. The first kappa shape index (κ1) is 12.9. The van der Waals surface area contributed by atoms with E-state index in [0.717, 1.165) is 35.2 Å². The van der Waals surface area contributed by atoms with E-state index in [1.807, 2.05) is 25.1 Å². The van der Waals surface area contributed by atoms with Crippen LogP contribution in [-0.2, 0) is 4.74 Å². The van der Waals surface area contributed by atoms with Crippen LogP contribution < -0.4 is 10.5 Å². The van der Waals surface area contributed by atoms with E-state index in [4.69, 9.17) is 15.2 Å². The summed E-state index contributed by atoms with van der Waals surface area (Å²) in [6.07, 6.45) is 2.26. The van der Waals surface area contributed by atoms with Crippen LogP contribution in [0.25, 0.3) is 0 Å². The van der Waals surface area contributed by atoms with Gasteiger partial charge < -0.3 is 15.2 Å². The number of nitrogens with two attached hydrogens (primary N) is 1. The first-order valence-electron chi connectivity index (χ1n) is 5.96. The van der Waals surface area contributed by atoms with Gasteiger partial charge in [-0.2, -0.15) is 0 Å². The van der Waals surface area contributed by atoms with Gasteiger partial charge in [0.05, 0.1) is 6.61 Å². The molecule has 0 aromatic heterocycles. The van der Waals surface area contributed by atoms with E-state index >= 15 is 0 Å². The lowest BCUT2D eigenvalue weighted by Crippen LogP contribution is -2.28. The molecule has 2 rings (SSSR count). The summed E-state index contributed by atoms with van der Waals surface area (Å²) in [5.41, 5.74) is 6.98. The molecule has 1 aromatic rings. The summed E-state index contributed by atoms with van der Waals surface area (Å²) in [5.74, 6) is 0.866. The van der Waals surface area contributed by atoms with Gasteiger partial charge in [-0.3, -0.25) is 0 Å². The van der Waals surface area contributed by atoms with Gasteiger partial charge >= 0.3 is 0 Å². The summed E-state index contributed by atoms with van der Waals surface area (Å²) in [6.45, 7) is 3.48. The number of ether oxygens (including phenoxy) is 2. The second-order valence-corrected chi connectivity index (χ2v) is 5.34. The maximum Gasteiger partial charge on any atom is 0.125 e.